The summed E-state index contributed by atoms with van der Waals surface area (Å²) in [5.41, 5.74) is 0. The number of rotatable bonds is 23. The van der Waals surface area contributed by atoms with Crippen molar-refractivity contribution in [1.82, 2.24) is 0 Å². The molecule has 2 rings (SSSR count). The third kappa shape index (κ3) is 14.2. The van der Waals surface area contributed by atoms with Crippen LogP contribution in [0.1, 0.15) is 90.9 Å². The maximum absolute atomic E-state index is 13.1. The molecule has 14 atom stereocenters. The first-order valence-corrected chi connectivity index (χ1v) is 17.3. The Bertz CT molecular complexity index is 937. The molecular formula is C32H58O17. The molecular weight excluding hydrogens is 656 g/mol. The topological polar surface area (TPSA) is 283 Å². The van der Waals surface area contributed by atoms with Crippen LogP contribution in [0.2, 0.25) is 0 Å². The Balaban J connectivity index is 2.09. The second kappa shape index (κ2) is 22.4. The van der Waals surface area contributed by atoms with Gasteiger partial charge in [0.05, 0.1) is 44.4 Å². The number of carbonyl (C=O) groups is 2. The molecule has 14 unspecified atom stereocenters. The fourth-order valence-electron chi connectivity index (χ4n) is 5.94. The lowest BCUT2D eigenvalue weighted by molar-refractivity contribution is -0.313. The van der Waals surface area contributed by atoms with Gasteiger partial charge in [0.2, 0.25) is 0 Å². The Kier molecular flexibility index (Phi) is 19.9. The van der Waals surface area contributed by atoms with Gasteiger partial charge in [-0.25, -0.2) is 0 Å². The van der Waals surface area contributed by atoms with Crippen molar-refractivity contribution in [2.24, 2.45) is 0 Å². The van der Waals surface area contributed by atoms with Crippen LogP contribution in [0.4, 0.5) is 0 Å². The van der Waals surface area contributed by atoms with Gasteiger partial charge >= 0.3 is 11.9 Å². The molecule has 0 aromatic carbocycles. The normalized spacial score (nSPS) is 33.0. The predicted molar refractivity (Wildman–Crippen MR) is 168 cm³/mol. The highest BCUT2D eigenvalue weighted by atomic mass is 16.7. The molecule has 2 aliphatic rings. The first-order chi connectivity index (χ1) is 23.3. The predicted octanol–water partition coefficient (Wildman–Crippen LogP) is -1.57. The van der Waals surface area contributed by atoms with Crippen LogP contribution in [0, 0.1) is 0 Å². The van der Waals surface area contributed by atoms with Crippen LogP contribution in [0.15, 0.2) is 0 Å². The highest BCUT2D eigenvalue weighted by molar-refractivity contribution is 5.70. The average molecular weight is 715 g/mol. The summed E-state index contributed by atoms with van der Waals surface area (Å²) in [4.78, 5) is 24.7. The molecule has 2 aliphatic heterocycles. The van der Waals surface area contributed by atoms with Crippen LogP contribution in [0.5, 0.6) is 0 Å². The molecule has 0 spiro atoms. The van der Waals surface area contributed by atoms with Gasteiger partial charge in [-0.3, -0.25) is 9.59 Å². The molecule has 0 bridgehead atoms. The first-order valence-electron chi connectivity index (χ1n) is 17.3. The van der Waals surface area contributed by atoms with Crippen LogP contribution in [0.3, 0.4) is 0 Å². The van der Waals surface area contributed by atoms with Crippen molar-refractivity contribution in [2.75, 3.05) is 13.2 Å². The van der Waals surface area contributed by atoms with Crippen LogP contribution < -0.4 is 0 Å². The van der Waals surface area contributed by atoms with E-state index >= 15 is 0 Å². The van der Waals surface area contributed by atoms with Gasteiger partial charge in [0.25, 0.3) is 0 Å². The van der Waals surface area contributed by atoms with E-state index < -0.39 is 124 Å². The number of hydrogen-bond acceptors (Lipinski definition) is 16. The van der Waals surface area contributed by atoms with Gasteiger partial charge in [0.15, 0.2) is 12.6 Å². The van der Waals surface area contributed by atoms with E-state index in [2.05, 4.69) is 0 Å². The van der Waals surface area contributed by atoms with Gasteiger partial charge in [-0.1, -0.05) is 46.0 Å². The summed E-state index contributed by atoms with van der Waals surface area (Å²) < 4.78 is 28.1. The first kappa shape index (κ1) is 43.6. The van der Waals surface area contributed by atoms with Gasteiger partial charge in [0.1, 0.15) is 54.9 Å². The Morgan fingerprint density at radius 3 is 1.55 bits per heavy atom. The zero-order valence-corrected chi connectivity index (χ0v) is 28.3. The summed E-state index contributed by atoms with van der Waals surface area (Å²) in [7, 11) is 0. The van der Waals surface area contributed by atoms with Crippen molar-refractivity contribution in [1.29, 1.82) is 0 Å². The molecule has 0 aromatic heterocycles. The minimum atomic E-state index is -1.76. The van der Waals surface area contributed by atoms with E-state index in [1.54, 1.807) is 0 Å². The number of hydrogen-bond donors (Lipinski definition) is 10. The average Bonchev–Trinajstić information content (AvgIpc) is 3.04. The van der Waals surface area contributed by atoms with Crippen molar-refractivity contribution in [3.05, 3.63) is 0 Å². The van der Waals surface area contributed by atoms with Gasteiger partial charge in [0, 0.05) is 12.8 Å². The summed E-state index contributed by atoms with van der Waals surface area (Å²) >= 11 is 0. The standard InChI is InChI=1S/C32H58O17/c1-3-5-7-9-18(46-31-29(43)27(41)25(39)21(15-33)48-31)11-17(35)12-24(38)45-19(10-8-6-4-2)13-20(14-23(36)37)47-32-30(44)28(42)26(40)22(16-34)49-32/h17-22,25-35,39-44H,3-16H2,1-2H3,(H,36,37). The molecule has 10 N–H and O–H groups in total. The van der Waals surface area contributed by atoms with Crippen LogP contribution in [-0.4, -0.2) is 162 Å². The molecule has 17 nitrogen and oxygen atoms in total. The number of unbranched alkanes of at least 4 members (excludes halogenated alkanes) is 4. The Labute approximate surface area is 286 Å². The molecule has 17 heteroatoms. The van der Waals surface area contributed by atoms with Crippen molar-refractivity contribution < 1.29 is 84.3 Å². The summed E-state index contributed by atoms with van der Waals surface area (Å²) in [6.07, 6.45) is -15.5. The number of esters is 1. The van der Waals surface area contributed by atoms with E-state index in [-0.39, 0.29) is 12.8 Å². The minimum absolute atomic E-state index is 0.0871. The Morgan fingerprint density at radius 2 is 1.10 bits per heavy atom. The van der Waals surface area contributed by atoms with E-state index in [9.17, 15) is 60.7 Å². The van der Waals surface area contributed by atoms with Crippen LogP contribution in [0.25, 0.3) is 0 Å². The number of aliphatic hydroxyl groups is 9. The maximum atomic E-state index is 13.1. The lowest BCUT2D eigenvalue weighted by Crippen LogP contribution is -2.59. The van der Waals surface area contributed by atoms with Crippen molar-refractivity contribution in [3.63, 3.8) is 0 Å². The van der Waals surface area contributed by atoms with Gasteiger partial charge in [-0.2, -0.15) is 0 Å². The zero-order chi connectivity index (χ0) is 36.7. The zero-order valence-electron chi connectivity index (χ0n) is 28.3. The summed E-state index contributed by atoms with van der Waals surface area (Å²) in [6, 6.07) is 0. The number of carboxylic acids is 1. The summed E-state index contributed by atoms with van der Waals surface area (Å²) in [6.45, 7) is 2.61. The lowest BCUT2D eigenvalue weighted by Gasteiger charge is -2.41. The van der Waals surface area contributed by atoms with E-state index in [1.807, 2.05) is 13.8 Å². The molecule has 288 valence electrons. The molecule has 0 aliphatic carbocycles. The SMILES string of the molecule is CCCCCC(CC(CC(=O)O)OC1OC(CO)C(O)C(O)C1O)OC(=O)CC(O)CC(CCCCC)OC1OC(CO)C(O)C(O)C1O. The second-order valence-electron chi connectivity index (χ2n) is 12.9. The molecule has 0 saturated carbocycles. The van der Waals surface area contributed by atoms with Crippen molar-refractivity contribution in [3.8, 4) is 0 Å². The Hall–Kier alpha value is -1.58. The van der Waals surface area contributed by atoms with E-state index in [1.165, 1.54) is 0 Å². The third-order valence-corrected chi connectivity index (χ3v) is 8.77. The molecule has 2 heterocycles. The monoisotopic (exact) mass is 714 g/mol. The Morgan fingerprint density at radius 1 is 0.633 bits per heavy atom. The van der Waals surface area contributed by atoms with Crippen LogP contribution in [-0.2, 0) is 33.3 Å². The number of carbonyl (C=O) groups excluding carboxylic acids is 1. The fourth-order valence-corrected chi connectivity index (χ4v) is 5.94. The van der Waals surface area contributed by atoms with E-state index in [4.69, 9.17) is 23.7 Å². The van der Waals surface area contributed by atoms with Gasteiger partial charge in [-0.15, -0.1) is 0 Å². The number of aliphatic hydroxyl groups excluding tert-OH is 9. The minimum Gasteiger partial charge on any atom is -0.481 e. The highest BCUT2D eigenvalue weighted by Gasteiger charge is 2.46. The van der Waals surface area contributed by atoms with E-state index in [0.29, 0.717) is 25.7 Å². The number of aliphatic carboxylic acids is 1. The molecule has 0 amide bonds. The quantitative estimate of drug-likeness (QED) is 0.0423. The van der Waals surface area contributed by atoms with E-state index in [0.717, 1.165) is 25.7 Å². The van der Waals surface area contributed by atoms with Crippen molar-refractivity contribution in [2.45, 2.75) is 177 Å². The molecule has 0 aromatic rings. The molecule has 49 heavy (non-hydrogen) atoms. The number of ether oxygens (including phenoxy) is 5. The molecule has 2 fully saturated rings. The maximum Gasteiger partial charge on any atom is 0.308 e. The molecule has 2 saturated heterocycles. The lowest BCUT2D eigenvalue weighted by atomic mass is 9.98. The van der Waals surface area contributed by atoms with Gasteiger partial charge < -0.3 is 74.7 Å². The summed E-state index contributed by atoms with van der Waals surface area (Å²) in [5.74, 6) is -2.06. The largest absolute Gasteiger partial charge is 0.481 e. The highest BCUT2D eigenvalue weighted by Crippen LogP contribution is 2.28. The third-order valence-electron chi connectivity index (χ3n) is 8.77. The smallest absolute Gasteiger partial charge is 0.308 e. The van der Waals surface area contributed by atoms with Crippen molar-refractivity contribution >= 4 is 11.9 Å². The summed E-state index contributed by atoms with van der Waals surface area (Å²) in [5, 5.41) is 101. The fraction of sp³-hybridized carbons (Fsp3) is 0.938. The van der Waals surface area contributed by atoms with Crippen LogP contribution >= 0.6 is 0 Å². The van der Waals surface area contributed by atoms with Gasteiger partial charge in [-0.05, 0) is 19.3 Å². The number of carboxylic acid groups (broad SMARTS) is 1. The second-order valence-corrected chi connectivity index (χ2v) is 12.9. The molecule has 0 radical (unpaired) electrons.